The maximum absolute atomic E-state index is 10.5. The lowest BCUT2D eigenvalue weighted by Gasteiger charge is -2.15. The van der Waals surface area contributed by atoms with Crippen molar-refractivity contribution >= 4 is 0 Å². The first-order valence-electron chi connectivity index (χ1n) is 3.81. The number of hydrogen-bond donors (Lipinski definition) is 1. The van der Waals surface area contributed by atoms with Gasteiger partial charge in [0.2, 0.25) is 0 Å². The minimum atomic E-state index is -2.27. The highest BCUT2D eigenvalue weighted by Gasteiger charge is 2.53. The van der Waals surface area contributed by atoms with Crippen LogP contribution in [0.1, 0.15) is 6.42 Å². The van der Waals surface area contributed by atoms with Gasteiger partial charge in [0.05, 0.1) is 12.7 Å². The molecule has 1 N–H and O–H groups in total. The maximum Gasteiger partial charge on any atom is 0.481 e. The van der Waals surface area contributed by atoms with E-state index in [1.165, 1.54) is 12.2 Å². The predicted molar refractivity (Wildman–Crippen MR) is 45.6 cm³/mol. The molecule has 0 aliphatic heterocycles. The molecule has 1 rings (SSSR count). The Morgan fingerprint density at radius 1 is 1.43 bits per heavy atom. The molecule has 0 heterocycles. The predicted octanol–water partition coefficient (Wildman–Crippen LogP) is 0.115. The van der Waals surface area contributed by atoms with Gasteiger partial charge in [0.15, 0.2) is 0 Å². The standard InChI is InChI=1S/C7H8N2O5/c10-5-6-1-3-7(4-2-6,8(11)12)9(13)14/h1-3,10H,4-5H2. The zero-order chi connectivity index (χ0) is 10.8. The van der Waals surface area contributed by atoms with Gasteiger partial charge in [0, 0.05) is 0 Å². The summed E-state index contributed by atoms with van der Waals surface area (Å²) >= 11 is 0. The van der Waals surface area contributed by atoms with Gasteiger partial charge in [-0.25, -0.2) is 0 Å². The molecule has 76 valence electrons. The van der Waals surface area contributed by atoms with Crippen molar-refractivity contribution < 1.29 is 15.0 Å². The molecule has 0 aromatic carbocycles. The van der Waals surface area contributed by atoms with E-state index >= 15 is 0 Å². The Hall–Kier alpha value is -1.76. The Labute approximate surface area is 78.6 Å². The monoisotopic (exact) mass is 200 g/mol. The van der Waals surface area contributed by atoms with E-state index in [9.17, 15) is 20.2 Å². The third-order valence-corrected chi connectivity index (χ3v) is 2.04. The lowest BCUT2D eigenvalue weighted by molar-refractivity contribution is -0.780. The molecule has 7 heteroatoms. The number of aliphatic hydroxyl groups excluding tert-OH is 1. The van der Waals surface area contributed by atoms with Crippen LogP contribution >= 0.6 is 0 Å². The average Bonchev–Trinajstić information content (AvgIpc) is 2.17. The molecule has 1 aliphatic carbocycles. The summed E-state index contributed by atoms with van der Waals surface area (Å²) in [5.41, 5.74) is -1.82. The zero-order valence-corrected chi connectivity index (χ0v) is 7.12. The summed E-state index contributed by atoms with van der Waals surface area (Å²) in [7, 11) is 0. The maximum atomic E-state index is 10.5. The first kappa shape index (κ1) is 10.3. The highest BCUT2D eigenvalue weighted by atomic mass is 16.7. The molecular weight excluding hydrogens is 192 g/mol. The molecule has 0 radical (unpaired) electrons. The summed E-state index contributed by atoms with van der Waals surface area (Å²) in [5.74, 6) is 0. The summed E-state index contributed by atoms with van der Waals surface area (Å²) in [4.78, 5) is 19.2. The highest BCUT2D eigenvalue weighted by Crippen LogP contribution is 2.24. The van der Waals surface area contributed by atoms with Crippen LogP contribution < -0.4 is 0 Å². The minimum absolute atomic E-state index is 0.276. The molecule has 0 aromatic heterocycles. The van der Waals surface area contributed by atoms with Crippen LogP contribution in [0.25, 0.3) is 0 Å². The molecule has 0 fully saturated rings. The van der Waals surface area contributed by atoms with Crippen molar-refractivity contribution in [2.75, 3.05) is 6.61 Å². The fourth-order valence-electron chi connectivity index (χ4n) is 1.11. The van der Waals surface area contributed by atoms with E-state index in [1.807, 2.05) is 0 Å². The molecule has 0 aromatic rings. The van der Waals surface area contributed by atoms with Gasteiger partial charge < -0.3 is 5.11 Å². The van der Waals surface area contributed by atoms with Crippen molar-refractivity contribution in [2.24, 2.45) is 0 Å². The van der Waals surface area contributed by atoms with Crippen LogP contribution in [-0.2, 0) is 0 Å². The smallest absolute Gasteiger partial charge is 0.392 e. The first-order valence-corrected chi connectivity index (χ1v) is 3.81. The Morgan fingerprint density at radius 2 is 2.00 bits per heavy atom. The normalized spacial score (nSPS) is 18.8. The van der Waals surface area contributed by atoms with Gasteiger partial charge >= 0.3 is 5.66 Å². The minimum Gasteiger partial charge on any atom is -0.392 e. The zero-order valence-electron chi connectivity index (χ0n) is 7.12. The van der Waals surface area contributed by atoms with Gasteiger partial charge in [-0.15, -0.1) is 0 Å². The van der Waals surface area contributed by atoms with Gasteiger partial charge in [0.1, 0.15) is 16.3 Å². The SMILES string of the molecule is O=[N+]([O-])C1([N+](=O)[O-])C=CC(CO)=CC1. The number of hydrogen-bond acceptors (Lipinski definition) is 5. The van der Waals surface area contributed by atoms with Gasteiger partial charge in [-0.1, -0.05) is 6.08 Å². The Balaban J connectivity index is 2.99. The van der Waals surface area contributed by atoms with Gasteiger partial charge in [-0.05, 0) is 11.6 Å². The van der Waals surface area contributed by atoms with E-state index in [4.69, 9.17) is 5.11 Å². The van der Waals surface area contributed by atoms with Crippen molar-refractivity contribution in [2.45, 2.75) is 12.1 Å². The topological polar surface area (TPSA) is 107 Å². The van der Waals surface area contributed by atoms with Crippen molar-refractivity contribution in [3.63, 3.8) is 0 Å². The fraction of sp³-hybridized carbons (Fsp3) is 0.429. The summed E-state index contributed by atoms with van der Waals surface area (Å²) in [6, 6.07) is 0. The summed E-state index contributed by atoms with van der Waals surface area (Å²) in [6.07, 6.45) is 3.07. The highest BCUT2D eigenvalue weighted by molar-refractivity contribution is 5.26. The number of aliphatic hydroxyl groups is 1. The van der Waals surface area contributed by atoms with Crippen molar-refractivity contribution in [1.82, 2.24) is 0 Å². The van der Waals surface area contributed by atoms with E-state index in [0.717, 1.165) is 6.08 Å². The van der Waals surface area contributed by atoms with Crippen LogP contribution in [0.5, 0.6) is 0 Å². The van der Waals surface area contributed by atoms with Gasteiger partial charge in [-0.2, -0.15) is 0 Å². The van der Waals surface area contributed by atoms with Crippen LogP contribution in [0.4, 0.5) is 0 Å². The summed E-state index contributed by atoms with van der Waals surface area (Å²) in [6.45, 7) is -0.276. The average molecular weight is 200 g/mol. The second-order valence-corrected chi connectivity index (χ2v) is 2.87. The Bertz CT molecular complexity index is 319. The Morgan fingerprint density at radius 3 is 2.29 bits per heavy atom. The third kappa shape index (κ3) is 1.49. The van der Waals surface area contributed by atoms with Crippen molar-refractivity contribution in [1.29, 1.82) is 0 Å². The van der Waals surface area contributed by atoms with E-state index in [1.54, 1.807) is 0 Å². The molecular formula is C7H8N2O5. The molecule has 0 saturated heterocycles. The molecule has 0 unspecified atom stereocenters. The van der Waals surface area contributed by atoms with Crippen LogP contribution in [0.3, 0.4) is 0 Å². The van der Waals surface area contributed by atoms with Crippen molar-refractivity contribution in [3.05, 3.63) is 44.0 Å². The fourth-order valence-corrected chi connectivity index (χ4v) is 1.11. The van der Waals surface area contributed by atoms with Crippen LogP contribution in [0.15, 0.2) is 23.8 Å². The van der Waals surface area contributed by atoms with E-state index in [0.29, 0.717) is 5.57 Å². The van der Waals surface area contributed by atoms with Crippen LogP contribution in [-0.4, -0.2) is 27.2 Å². The lowest BCUT2D eigenvalue weighted by Crippen LogP contribution is -2.44. The molecule has 7 nitrogen and oxygen atoms in total. The molecule has 0 bridgehead atoms. The van der Waals surface area contributed by atoms with Gasteiger partial charge in [-0.3, -0.25) is 20.2 Å². The van der Waals surface area contributed by atoms with E-state index in [2.05, 4.69) is 0 Å². The molecule has 0 spiro atoms. The van der Waals surface area contributed by atoms with E-state index < -0.39 is 15.5 Å². The van der Waals surface area contributed by atoms with Gasteiger partial charge in [0.25, 0.3) is 0 Å². The largest absolute Gasteiger partial charge is 0.481 e. The number of nitro groups is 2. The quantitative estimate of drug-likeness (QED) is 0.395. The third-order valence-electron chi connectivity index (χ3n) is 2.04. The lowest BCUT2D eigenvalue weighted by atomic mass is 9.98. The summed E-state index contributed by atoms with van der Waals surface area (Å²) in [5, 5.41) is 29.7. The molecule has 14 heavy (non-hydrogen) atoms. The molecule has 0 amide bonds. The van der Waals surface area contributed by atoms with Crippen LogP contribution in [0.2, 0.25) is 0 Å². The second kappa shape index (κ2) is 3.54. The summed E-state index contributed by atoms with van der Waals surface area (Å²) < 4.78 is 0. The second-order valence-electron chi connectivity index (χ2n) is 2.87. The Kier molecular flexibility index (Phi) is 2.61. The molecule has 0 atom stereocenters. The molecule has 1 aliphatic rings. The first-order chi connectivity index (χ1) is 6.53. The molecule has 0 saturated carbocycles. The number of rotatable bonds is 3. The number of nitrogens with zero attached hydrogens (tertiary/aromatic N) is 2. The van der Waals surface area contributed by atoms with Crippen molar-refractivity contribution in [3.8, 4) is 0 Å². The van der Waals surface area contributed by atoms with E-state index in [-0.39, 0.29) is 13.0 Å². The van der Waals surface area contributed by atoms with Crippen LogP contribution in [0, 0.1) is 20.2 Å².